The van der Waals surface area contributed by atoms with Crippen molar-refractivity contribution in [2.75, 3.05) is 11.9 Å². The van der Waals surface area contributed by atoms with Crippen LogP contribution >= 0.6 is 12.4 Å². The number of halogens is 1. The minimum atomic E-state index is -0.156. The molecular formula is C25H32ClN3O2. The first-order chi connectivity index (χ1) is 14.6. The van der Waals surface area contributed by atoms with Crippen LogP contribution in [0.5, 0.6) is 0 Å². The van der Waals surface area contributed by atoms with Gasteiger partial charge in [0, 0.05) is 24.7 Å². The average molecular weight is 442 g/mol. The first-order valence-electron chi connectivity index (χ1n) is 11.0. The van der Waals surface area contributed by atoms with Gasteiger partial charge in [0.1, 0.15) is 0 Å². The van der Waals surface area contributed by atoms with Crippen LogP contribution in [0.3, 0.4) is 0 Å². The smallest absolute Gasteiger partial charge is 0.237 e. The van der Waals surface area contributed by atoms with E-state index in [-0.39, 0.29) is 36.2 Å². The highest BCUT2D eigenvalue weighted by molar-refractivity contribution is 5.92. The molecule has 2 aromatic rings. The standard InChI is InChI=1S/C25H31N3O2.ClH/c1-17-5-4-8-22(13-17)28-24(29)19-11-9-18(10-12-19)15-27-25(30)23-14-20-6-2-3-7-21(20)16-26-23;/h2-8,13,18-19,23,26H,9-12,14-16H2,1H3,(H,27,30)(H,28,29);1H. The lowest BCUT2D eigenvalue weighted by atomic mass is 9.81. The van der Waals surface area contributed by atoms with Gasteiger partial charge in [0.15, 0.2) is 0 Å². The van der Waals surface area contributed by atoms with Crippen molar-refractivity contribution < 1.29 is 9.59 Å². The van der Waals surface area contributed by atoms with Gasteiger partial charge in [-0.05, 0) is 73.8 Å². The molecule has 6 heteroatoms. The average Bonchev–Trinajstić information content (AvgIpc) is 2.77. The molecule has 1 aliphatic heterocycles. The second-order valence-corrected chi connectivity index (χ2v) is 8.73. The Hall–Kier alpha value is -2.37. The van der Waals surface area contributed by atoms with Crippen molar-refractivity contribution in [3.05, 3.63) is 65.2 Å². The van der Waals surface area contributed by atoms with Gasteiger partial charge in [-0.25, -0.2) is 0 Å². The fraction of sp³-hybridized carbons (Fsp3) is 0.440. The third kappa shape index (κ3) is 6.08. The van der Waals surface area contributed by atoms with Crippen LogP contribution in [0, 0.1) is 18.8 Å². The molecule has 166 valence electrons. The Morgan fingerprint density at radius 3 is 2.45 bits per heavy atom. The SMILES string of the molecule is Cc1cccc(NC(=O)C2CCC(CNC(=O)C3Cc4ccccc4CN3)CC2)c1.Cl. The zero-order valence-electron chi connectivity index (χ0n) is 18.0. The van der Waals surface area contributed by atoms with Gasteiger partial charge < -0.3 is 16.0 Å². The largest absolute Gasteiger partial charge is 0.354 e. The molecule has 1 fully saturated rings. The molecule has 1 saturated carbocycles. The number of anilines is 1. The molecule has 0 spiro atoms. The number of amides is 2. The molecule has 0 aromatic heterocycles. The Morgan fingerprint density at radius 1 is 0.968 bits per heavy atom. The van der Waals surface area contributed by atoms with E-state index in [2.05, 4.69) is 28.1 Å². The van der Waals surface area contributed by atoms with Crippen molar-refractivity contribution in [1.29, 1.82) is 0 Å². The molecule has 5 nitrogen and oxygen atoms in total. The summed E-state index contributed by atoms with van der Waals surface area (Å²) < 4.78 is 0. The normalized spacial score (nSPS) is 22.5. The maximum atomic E-state index is 12.6. The molecule has 31 heavy (non-hydrogen) atoms. The first kappa shape index (κ1) is 23.3. The van der Waals surface area contributed by atoms with Gasteiger partial charge in [0.25, 0.3) is 0 Å². The Balaban J connectivity index is 0.00000272. The highest BCUT2D eigenvalue weighted by Crippen LogP contribution is 2.29. The molecular weight excluding hydrogens is 410 g/mol. The lowest BCUT2D eigenvalue weighted by molar-refractivity contribution is -0.124. The summed E-state index contributed by atoms with van der Waals surface area (Å²) in [6.07, 6.45) is 4.47. The summed E-state index contributed by atoms with van der Waals surface area (Å²) in [5.74, 6) is 0.721. The molecule has 0 saturated heterocycles. The monoisotopic (exact) mass is 441 g/mol. The zero-order valence-corrected chi connectivity index (χ0v) is 18.8. The van der Waals surface area contributed by atoms with Crippen molar-refractivity contribution in [2.24, 2.45) is 11.8 Å². The fourth-order valence-electron chi connectivity index (χ4n) is 4.60. The van der Waals surface area contributed by atoms with Crippen LogP contribution in [0.15, 0.2) is 48.5 Å². The Morgan fingerprint density at radius 2 is 1.71 bits per heavy atom. The van der Waals surface area contributed by atoms with Crippen molar-refractivity contribution in [3.63, 3.8) is 0 Å². The molecule has 1 heterocycles. The van der Waals surface area contributed by atoms with Crippen LogP contribution in [0.2, 0.25) is 0 Å². The second-order valence-electron chi connectivity index (χ2n) is 8.73. The fourth-order valence-corrected chi connectivity index (χ4v) is 4.60. The summed E-state index contributed by atoms with van der Waals surface area (Å²) in [6.45, 7) is 3.47. The minimum absolute atomic E-state index is 0. The summed E-state index contributed by atoms with van der Waals surface area (Å²) in [5, 5.41) is 9.54. The predicted octanol–water partition coefficient (Wildman–Crippen LogP) is 3.99. The quantitative estimate of drug-likeness (QED) is 0.657. The number of nitrogens with one attached hydrogen (secondary N) is 3. The van der Waals surface area contributed by atoms with Crippen LogP contribution in [-0.4, -0.2) is 24.4 Å². The van der Waals surface area contributed by atoms with Gasteiger partial charge >= 0.3 is 0 Å². The third-order valence-electron chi connectivity index (χ3n) is 6.47. The molecule has 3 N–H and O–H groups in total. The number of benzene rings is 2. The van der Waals surface area contributed by atoms with Gasteiger partial charge in [-0.1, -0.05) is 36.4 Å². The highest BCUT2D eigenvalue weighted by Gasteiger charge is 2.28. The Kier molecular flexibility index (Phi) is 8.10. The number of fused-ring (bicyclic) bond motifs is 1. The van der Waals surface area contributed by atoms with Crippen LogP contribution in [-0.2, 0) is 22.6 Å². The van der Waals surface area contributed by atoms with E-state index >= 15 is 0 Å². The highest BCUT2D eigenvalue weighted by atomic mass is 35.5. The maximum absolute atomic E-state index is 12.6. The van der Waals surface area contributed by atoms with E-state index in [1.807, 2.05) is 43.3 Å². The summed E-state index contributed by atoms with van der Waals surface area (Å²) in [7, 11) is 0. The van der Waals surface area contributed by atoms with Gasteiger partial charge in [-0.15, -0.1) is 12.4 Å². The molecule has 1 unspecified atom stereocenters. The lowest BCUT2D eigenvalue weighted by Gasteiger charge is -2.29. The van der Waals surface area contributed by atoms with Crippen LogP contribution in [0.4, 0.5) is 5.69 Å². The van der Waals surface area contributed by atoms with Crippen molar-refractivity contribution in [3.8, 4) is 0 Å². The van der Waals surface area contributed by atoms with E-state index in [1.165, 1.54) is 11.1 Å². The maximum Gasteiger partial charge on any atom is 0.237 e. The van der Waals surface area contributed by atoms with Gasteiger partial charge in [-0.2, -0.15) is 0 Å². The van der Waals surface area contributed by atoms with Crippen LogP contribution in [0.1, 0.15) is 42.4 Å². The van der Waals surface area contributed by atoms with E-state index in [9.17, 15) is 9.59 Å². The van der Waals surface area contributed by atoms with E-state index in [0.29, 0.717) is 12.5 Å². The van der Waals surface area contributed by atoms with E-state index in [4.69, 9.17) is 0 Å². The lowest BCUT2D eigenvalue weighted by Crippen LogP contribution is -2.48. The summed E-state index contributed by atoms with van der Waals surface area (Å²) >= 11 is 0. The molecule has 2 aromatic carbocycles. The van der Waals surface area contributed by atoms with Crippen molar-refractivity contribution in [1.82, 2.24) is 10.6 Å². The number of hydrogen-bond donors (Lipinski definition) is 3. The summed E-state index contributed by atoms with van der Waals surface area (Å²) in [5.41, 5.74) is 4.56. The minimum Gasteiger partial charge on any atom is -0.354 e. The Bertz CT molecular complexity index is 909. The number of hydrogen-bond acceptors (Lipinski definition) is 3. The summed E-state index contributed by atoms with van der Waals surface area (Å²) in [4.78, 5) is 25.2. The van der Waals surface area contributed by atoms with Crippen LogP contribution < -0.4 is 16.0 Å². The topological polar surface area (TPSA) is 70.2 Å². The van der Waals surface area contributed by atoms with E-state index < -0.39 is 0 Å². The zero-order chi connectivity index (χ0) is 20.9. The van der Waals surface area contributed by atoms with E-state index in [1.54, 1.807) is 0 Å². The van der Waals surface area contributed by atoms with E-state index in [0.717, 1.165) is 49.9 Å². The van der Waals surface area contributed by atoms with Gasteiger partial charge in [0.2, 0.25) is 11.8 Å². The molecule has 2 aliphatic rings. The molecule has 4 rings (SSSR count). The van der Waals surface area contributed by atoms with Gasteiger partial charge in [0.05, 0.1) is 6.04 Å². The predicted molar refractivity (Wildman–Crippen MR) is 126 cm³/mol. The van der Waals surface area contributed by atoms with Crippen molar-refractivity contribution >= 4 is 29.9 Å². The summed E-state index contributed by atoms with van der Waals surface area (Å²) in [6, 6.07) is 16.1. The number of aryl methyl sites for hydroxylation is 1. The second kappa shape index (κ2) is 10.8. The molecule has 0 radical (unpaired) electrons. The van der Waals surface area contributed by atoms with Crippen LogP contribution in [0.25, 0.3) is 0 Å². The number of carbonyl (C=O) groups is 2. The number of carbonyl (C=O) groups excluding carboxylic acids is 2. The molecule has 0 bridgehead atoms. The molecule has 2 amide bonds. The third-order valence-corrected chi connectivity index (χ3v) is 6.47. The molecule has 1 atom stereocenters. The Labute approximate surface area is 190 Å². The first-order valence-corrected chi connectivity index (χ1v) is 11.0. The molecule has 1 aliphatic carbocycles. The number of rotatable bonds is 5. The van der Waals surface area contributed by atoms with Gasteiger partial charge in [-0.3, -0.25) is 9.59 Å². The van der Waals surface area contributed by atoms with Crippen molar-refractivity contribution in [2.45, 2.75) is 51.6 Å².